The molecule has 1 aliphatic heterocycles. The Bertz CT molecular complexity index is 1080. The number of ketones is 1. The lowest BCUT2D eigenvalue weighted by Crippen LogP contribution is -2.26. The van der Waals surface area contributed by atoms with Gasteiger partial charge in [-0.2, -0.15) is 5.10 Å². The summed E-state index contributed by atoms with van der Waals surface area (Å²) in [6, 6.07) is 8.64. The SMILES string of the molecule is Cn1cccc1C(=O)C(=O)Nc1nn(C)c2cccc(N3CCOC3=O)c12. The van der Waals surface area contributed by atoms with E-state index in [4.69, 9.17) is 4.74 Å². The fraction of sp³-hybridized carbons (Fsp3) is 0.222. The number of Topliss-reactive ketones (excluding diaryl/α,β-unsaturated/α-hetero) is 1. The largest absolute Gasteiger partial charge is 0.447 e. The number of aromatic nitrogens is 3. The van der Waals surface area contributed by atoms with Crippen molar-refractivity contribution in [2.24, 2.45) is 14.1 Å². The molecule has 2 aromatic heterocycles. The Labute approximate surface area is 154 Å². The van der Waals surface area contributed by atoms with E-state index in [1.807, 2.05) is 6.07 Å². The van der Waals surface area contributed by atoms with Crippen molar-refractivity contribution in [3.63, 3.8) is 0 Å². The molecule has 3 heterocycles. The van der Waals surface area contributed by atoms with E-state index in [0.717, 1.165) is 0 Å². The molecule has 0 unspecified atom stereocenters. The predicted octanol–water partition coefficient (Wildman–Crippen LogP) is 1.69. The minimum Gasteiger partial charge on any atom is -0.447 e. The van der Waals surface area contributed by atoms with Crippen LogP contribution in [-0.2, 0) is 23.6 Å². The molecule has 2 amide bonds. The number of benzene rings is 1. The molecule has 1 N–H and O–H groups in total. The quantitative estimate of drug-likeness (QED) is 0.559. The lowest BCUT2D eigenvalue weighted by Gasteiger charge is -2.14. The second-order valence-electron chi connectivity index (χ2n) is 6.20. The van der Waals surface area contributed by atoms with Gasteiger partial charge in [-0.3, -0.25) is 19.2 Å². The normalized spacial score (nSPS) is 13.9. The van der Waals surface area contributed by atoms with Crippen LogP contribution >= 0.6 is 0 Å². The topological polar surface area (TPSA) is 98.5 Å². The molecule has 0 aliphatic carbocycles. The number of ether oxygens (including phenoxy) is 1. The summed E-state index contributed by atoms with van der Waals surface area (Å²) < 4.78 is 8.17. The number of anilines is 2. The summed E-state index contributed by atoms with van der Waals surface area (Å²) in [6.07, 6.45) is 1.23. The molecular weight excluding hydrogens is 350 g/mol. The lowest BCUT2D eigenvalue weighted by atomic mass is 10.2. The van der Waals surface area contributed by atoms with Gasteiger partial charge < -0.3 is 14.6 Å². The van der Waals surface area contributed by atoms with Gasteiger partial charge in [-0.15, -0.1) is 0 Å². The summed E-state index contributed by atoms with van der Waals surface area (Å²) in [5.41, 5.74) is 1.56. The average molecular weight is 367 g/mol. The van der Waals surface area contributed by atoms with E-state index in [9.17, 15) is 14.4 Å². The van der Waals surface area contributed by atoms with E-state index < -0.39 is 17.8 Å². The third-order valence-electron chi connectivity index (χ3n) is 4.52. The zero-order valence-corrected chi connectivity index (χ0v) is 14.8. The molecule has 0 saturated carbocycles. The zero-order valence-electron chi connectivity index (χ0n) is 14.8. The van der Waals surface area contributed by atoms with Gasteiger partial charge in [0.2, 0.25) is 0 Å². The van der Waals surface area contributed by atoms with Gasteiger partial charge in [0.25, 0.3) is 11.7 Å². The number of amides is 2. The molecule has 0 bridgehead atoms. The number of nitrogens with zero attached hydrogens (tertiary/aromatic N) is 4. The number of rotatable bonds is 4. The smallest absolute Gasteiger partial charge is 0.414 e. The van der Waals surface area contributed by atoms with Gasteiger partial charge in [-0.1, -0.05) is 6.07 Å². The number of hydrogen-bond donors (Lipinski definition) is 1. The Balaban J connectivity index is 1.74. The highest BCUT2D eigenvalue weighted by molar-refractivity contribution is 6.46. The van der Waals surface area contributed by atoms with Crippen molar-refractivity contribution in [1.29, 1.82) is 0 Å². The number of hydrogen-bond acceptors (Lipinski definition) is 5. The number of fused-ring (bicyclic) bond motifs is 1. The molecule has 138 valence electrons. The van der Waals surface area contributed by atoms with Gasteiger partial charge in [0, 0.05) is 20.3 Å². The van der Waals surface area contributed by atoms with Gasteiger partial charge in [0.1, 0.15) is 6.61 Å². The van der Waals surface area contributed by atoms with E-state index >= 15 is 0 Å². The molecule has 1 fully saturated rings. The van der Waals surface area contributed by atoms with Crippen molar-refractivity contribution in [3.05, 3.63) is 42.2 Å². The van der Waals surface area contributed by atoms with Crippen molar-refractivity contribution in [3.8, 4) is 0 Å². The standard InChI is InChI=1S/C18H17N5O4/c1-21-8-4-7-13(21)15(24)17(25)19-16-14-11(22(2)20-16)5-3-6-12(14)23-9-10-27-18(23)26/h3-8H,9-10H2,1-2H3,(H,19,20,25). The minimum absolute atomic E-state index is 0.218. The number of carbonyl (C=O) groups is 3. The summed E-state index contributed by atoms with van der Waals surface area (Å²) in [6.45, 7) is 0.700. The third kappa shape index (κ3) is 2.73. The Morgan fingerprint density at radius 1 is 1.19 bits per heavy atom. The number of nitrogens with one attached hydrogen (secondary N) is 1. The summed E-state index contributed by atoms with van der Waals surface area (Å²) in [4.78, 5) is 38.4. The zero-order chi connectivity index (χ0) is 19.1. The number of cyclic esters (lactones) is 1. The lowest BCUT2D eigenvalue weighted by molar-refractivity contribution is -0.112. The molecule has 3 aromatic rings. The van der Waals surface area contributed by atoms with Crippen molar-refractivity contribution in [2.45, 2.75) is 0 Å². The van der Waals surface area contributed by atoms with Crippen LogP contribution in [-0.4, -0.2) is 45.3 Å². The molecule has 27 heavy (non-hydrogen) atoms. The first-order valence-electron chi connectivity index (χ1n) is 8.34. The Morgan fingerprint density at radius 3 is 2.67 bits per heavy atom. The van der Waals surface area contributed by atoms with E-state index in [1.54, 1.807) is 53.8 Å². The molecule has 9 nitrogen and oxygen atoms in total. The van der Waals surface area contributed by atoms with Crippen LogP contribution in [0.2, 0.25) is 0 Å². The minimum atomic E-state index is -0.796. The summed E-state index contributed by atoms with van der Waals surface area (Å²) >= 11 is 0. The fourth-order valence-corrected chi connectivity index (χ4v) is 3.20. The summed E-state index contributed by atoms with van der Waals surface area (Å²) in [5, 5.41) is 7.48. The fourth-order valence-electron chi connectivity index (χ4n) is 3.20. The molecule has 0 atom stereocenters. The van der Waals surface area contributed by atoms with Crippen LogP contribution in [0.5, 0.6) is 0 Å². The van der Waals surface area contributed by atoms with Gasteiger partial charge in [-0.05, 0) is 24.3 Å². The van der Waals surface area contributed by atoms with Crippen molar-refractivity contribution in [1.82, 2.24) is 14.3 Å². The number of aryl methyl sites for hydroxylation is 2. The first kappa shape index (κ1) is 16.8. The first-order valence-corrected chi connectivity index (χ1v) is 8.34. The molecule has 0 radical (unpaired) electrons. The second-order valence-corrected chi connectivity index (χ2v) is 6.20. The van der Waals surface area contributed by atoms with Crippen LogP contribution in [0.4, 0.5) is 16.3 Å². The van der Waals surface area contributed by atoms with Crippen LogP contribution in [0, 0.1) is 0 Å². The molecule has 1 aromatic carbocycles. The molecular formula is C18H17N5O4. The average Bonchev–Trinajstić information content (AvgIpc) is 3.34. The monoisotopic (exact) mass is 367 g/mol. The maximum atomic E-state index is 12.5. The van der Waals surface area contributed by atoms with Crippen LogP contribution in [0.1, 0.15) is 10.5 Å². The van der Waals surface area contributed by atoms with Gasteiger partial charge in [-0.25, -0.2) is 4.79 Å². The number of carbonyl (C=O) groups excluding carboxylic acids is 3. The van der Waals surface area contributed by atoms with E-state index in [1.165, 1.54) is 4.90 Å². The highest BCUT2D eigenvalue weighted by atomic mass is 16.6. The van der Waals surface area contributed by atoms with Crippen molar-refractivity contribution in [2.75, 3.05) is 23.4 Å². The van der Waals surface area contributed by atoms with Gasteiger partial charge in [0.15, 0.2) is 5.82 Å². The first-order chi connectivity index (χ1) is 13.0. The molecule has 4 rings (SSSR count). The summed E-state index contributed by atoms with van der Waals surface area (Å²) in [5.74, 6) is -1.25. The third-order valence-corrected chi connectivity index (χ3v) is 4.52. The molecule has 9 heteroatoms. The molecule has 1 aliphatic rings. The van der Waals surface area contributed by atoms with Crippen molar-refractivity contribution >= 4 is 40.2 Å². The van der Waals surface area contributed by atoms with E-state index in [-0.39, 0.29) is 11.5 Å². The van der Waals surface area contributed by atoms with Crippen LogP contribution in [0.3, 0.4) is 0 Å². The van der Waals surface area contributed by atoms with Crippen molar-refractivity contribution < 1.29 is 19.1 Å². The summed E-state index contributed by atoms with van der Waals surface area (Å²) in [7, 11) is 3.41. The van der Waals surface area contributed by atoms with Crippen LogP contribution in [0.25, 0.3) is 10.9 Å². The molecule has 0 spiro atoms. The van der Waals surface area contributed by atoms with Gasteiger partial charge >= 0.3 is 6.09 Å². The second kappa shape index (κ2) is 6.27. The Kier molecular flexibility index (Phi) is 3.91. The van der Waals surface area contributed by atoms with Gasteiger partial charge in [0.05, 0.1) is 28.8 Å². The maximum Gasteiger partial charge on any atom is 0.414 e. The van der Waals surface area contributed by atoms with E-state index in [0.29, 0.717) is 29.7 Å². The Morgan fingerprint density at radius 2 is 2.00 bits per heavy atom. The van der Waals surface area contributed by atoms with Crippen LogP contribution < -0.4 is 10.2 Å². The highest BCUT2D eigenvalue weighted by Crippen LogP contribution is 2.34. The van der Waals surface area contributed by atoms with E-state index in [2.05, 4.69) is 10.4 Å². The predicted molar refractivity (Wildman–Crippen MR) is 97.8 cm³/mol. The Hall–Kier alpha value is -3.62. The maximum absolute atomic E-state index is 12.5. The molecule has 1 saturated heterocycles. The highest BCUT2D eigenvalue weighted by Gasteiger charge is 2.28. The van der Waals surface area contributed by atoms with Crippen LogP contribution in [0.15, 0.2) is 36.5 Å².